The van der Waals surface area contributed by atoms with E-state index in [1.807, 2.05) is 65.4 Å². The van der Waals surface area contributed by atoms with Crippen LogP contribution in [-0.4, -0.2) is 17.6 Å². The molecule has 0 spiro atoms. The predicted molar refractivity (Wildman–Crippen MR) is 97.0 cm³/mol. The molecule has 1 aromatic heterocycles. The molecule has 0 saturated carbocycles. The molecule has 0 aliphatic heterocycles. The molecule has 0 N–H and O–H groups in total. The lowest BCUT2D eigenvalue weighted by Crippen LogP contribution is -2.22. The summed E-state index contributed by atoms with van der Waals surface area (Å²) in [4.78, 5) is 16.9. The van der Waals surface area contributed by atoms with Crippen LogP contribution in [0.5, 0.6) is 0 Å². The highest BCUT2D eigenvalue weighted by atomic mass is 16.5. The van der Waals surface area contributed by atoms with Gasteiger partial charge in [0.1, 0.15) is 5.49 Å². The Labute approximate surface area is 147 Å². The summed E-state index contributed by atoms with van der Waals surface area (Å²) in [5.41, 5.74) is 3.30. The van der Waals surface area contributed by atoms with Crippen molar-refractivity contribution in [3.05, 3.63) is 101 Å². The van der Waals surface area contributed by atoms with Gasteiger partial charge >= 0.3 is 0 Å². The number of rotatable bonds is 5. The molecule has 0 unspecified atom stereocenters. The normalized spacial score (nSPS) is 11.5. The summed E-state index contributed by atoms with van der Waals surface area (Å²) in [6.45, 7) is 1.14. The number of methoxy groups -OCH3 is 1. The van der Waals surface area contributed by atoms with E-state index < -0.39 is 0 Å². The van der Waals surface area contributed by atoms with Gasteiger partial charge in [0.25, 0.3) is 5.91 Å². The molecule has 0 radical (unpaired) electrons. The first kappa shape index (κ1) is 16.9. The number of aromatic nitrogens is 1. The number of benzene rings is 2. The molecule has 0 bridgehead atoms. The topological polar surface area (TPSA) is 43.6 Å². The molecule has 1 amide bonds. The third-order valence-electron chi connectivity index (χ3n) is 3.81. The van der Waals surface area contributed by atoms with E-state index in [0.717, 1.165) is 11.1 Å². The van der Waals surface area contributed by atoms with Crippen molar-refractivity contribution >= 4 is 5.91 Å². The Kier molecular flexibility index (Phi) is 5.54. The van der Waals surface area contributed by atoms with Crippen molar-refractivity contribution in [1.29, 1.82) is 0 Å². The van der Waals surface area contributed by atoms with E-state index in [-0.39, 0.29) is 5.91 Å². The lowest BCUT2D eigenvalue weighted by molar-refractivity contribution is 0.0997. The number of carbonyl (C=O) groups is 1. The summed E-state index contributed by atoms with van der Waals surface area (Å²) in [6.07, 6.45) is 1.93. The van der Waals surface area contributed by atoms with Crippen molar-refractivity contribution < 1.29 is 9.53 Å². The summed E-state index contributed by atoms with van der Waals surface area (Å²) in [6, 6.07) is 23.1. The maximum absolute atomic E-state index is 12.6. The first-order valence-electron chi connectivity index (χ1n) is 8.12. The van der Waals surface area contributed by atoms with E-state index in [9.17, 15) is 4.79 Å². The van der Waals surface area contributed by atoms with Crippen LogP contribution in [0.1, 0.15) is 21.5 Å². The van der Waals surface area contributed by atoms with Crippen molar-refractivity contribution in [3.8, 4) is 0 Å². The van der Waals surface area contributed by atoms with Crippen LogP contribution in [0.25, 0.3) is 0 Å². The van der Waals surface area contributed by atoms with Crippen LogP contribution in [0, 0.1) is 0 Å². The maximum atomic E-state index is 12.6. The monoisotopic (exact) mass is 332 g/mol. The first-order valence-corrected chi connectivity index (χ1v) is 8.12. The third kappa shape index (κ3) is 4.52. The van der Waals surface area contributed by atoms with Crippen LogP contribution in [0.4, 0.5) is 0 Å². The van der Waals surface area contributed by atoms with Crippen LogP contribution in [0.3, 0.4) is 0 Å². The van der Waals surface area contributed by atoms with Crippen molar-refractivity contribution in [3.63, 3.8) is 0 Å². The van der Waals surface area contributed by atoms with E-state index in [0.29, 0.717) is 24.2 Å². The number of carbonyl (C=O) groups excluding carboxylic acids is 1. The van der Waals surface area contributed by atoms with Crippen molar-refractivity contribution in [2.45, 2.75) is 13.2 Å². The Morgan fingerprint density at radius 1 is 0.960 bits per heavy atom. The van der Waals surface area contributed by atoms with E-state index in [2.05, 4.69) is 17.1 Å². The summed E-state index contributed by atoms with van der Waals surface area (Å²) in [7, 11) is 1.63. The second-order valence-corrected chi connectivity index (χ2v) is 5.72. The summed E-state index contributed by atoms with van der Waals surface area (Å²) >= 11 is 0. The Bertz CT molecular complexity index is 914. The van der Waals surface area contributed by atoms with E-state index >= 15 is 0 Å². The fourth-order valence-electron chi connectivity index (χ4n) is 2.61. The van der Waals surface area contributed by atoms with Gasteiger partial charge in [0.15, 0.2) is 0 Å². The lowest BCUT2D eigenvalue weighted by Gasteiger charge is -2.07. The smallest absolute Gasteiger partial charge is 0.278 e. The molecule has 4 nitrogen and oxygen atoms in total. The second-order valence-electron chi connectivity index (χ2n) is 5.72. The van der Waals surface area contributed by atoms with Gasteiger partial charge in [0.2, 0.25) is 0 Å². The third-order valence-corrected chi connectivity index (χ3v) is 3.81. The minimum atomic E-state index is -0.258. The molecule has 0 saturated heterocycles. The highest BCUT2D eigenvalue weighted by Gasteiger charge is 2.05. The Morgan fingerprint density at radius 3 is 2.52 bits per heavy atom. The zero-order chi connectivity index (χ0) is 17.5. The summed E-state index contributed by atoms with van der Waals surface area (Å²) in [5, 5.41) is 0. The van der Waals surface area contributed by atoms with Crippen LogP contribution in [0.2, 0.25) is 0 Å². The molecule has 0 aliphatic rings. The quantitative estimate of drug-likeness (QED) is 0.718. The summed E-state index contributed by atoms with van der Waals surface area (Å²) < 4.78 is 7.08. The standard InChI is InChI=1S/C21H20N2O2/c1-25-16-18-10-7-11-19(14-18)21(24)22-20-12-5-6-13-23(20)15-17-8-3-2-4-9-17/h2-14H,15-16H2,1H3. The van der Waals surface area contributed by atoms with E-state index in [1.54, 1.807) is 13.2 Å². The minimum Gasteiger partial charge on any atom is -0.380 e. The molecule has 2 aromatic carbocycles. The van der Waals surface area contributed by atoms with Gasteiger partial charge in [0, 0.05) is 25.4 Å². The SMILES string of the molecule is COCc1cccc(C(=O)N=c2ccccn2Cc2ccccc2)c1. The maximum Gasteiger partial charge on any atom is 0.278 e. The number of nitrogens with zero attached hydrogens (tertiary/aromatic N) is 2. The van der Waals surface area contributed by atoms with Gasteiger partial charge in [-0.25, -0.2) is 0 Å². The fourth-order valence-corrected chi connectivity index (χ4v) is 2.61. The van der Waals surface area contributed by atoms with Crippen LogP contribution < -0.4 is 5.49 Å². The second kappa shape index (κ2) is 8.22. The van der Waals surface area contributed by atoms with Gasteiger partial charge in [-0.2, -0.15) is 4.99 Å². The number of amides is 1. The average molecular weight is 332 g/mol. The van der Waals surface area contributed by atoms with Crippen LogP contribution in [0.15, 0.2) is 84.0 Å². The number of pyridine rings is 1. The molecular weight excluding hydrogens is 312 g/mol. The molecule has 25 heavy (non-hydrogen) atoms. The molecule has 0 atom stereocenters. The van der Waals surface area contributed by atoms with Gasteiger partial charge in [0.05, 0.1) is 6.61 Å². The van der Waals surface area contributed by atoms with Crippen LogP contribution in [-0.2, 0) is 17.9 Å². The number of hydrogen-bond acceptors (Lipinski definition) is 2. The van der Waals surface area contributed by atoms with E-state index in [1.165, 1.54) is 0 Å². The largest absolute Gasteiger partial charge is 0.380 e. The van der Waals surface area contributed by atoms with Gasteiger partial charge in [-0.15, -0.1) is 0 Å². The van der Waals surface area contributed by atoms with Gasteiger partial charge < -0.3 is 9.30 Å². The van der Waals surface area contributed by atoms with Crippen molar-refractivity contribution in [2.24, 2.45) is 4.99 Å². The molecule has 0 aliphatic carbocycles. The predicted octanol–water partition coefficient (Wildman–Crippen LogP) is 3.42. The summed E-state index contributed by atoms with van der Waals surface area (Å²) in [5.74, 6) is -0.258. The number of ether oxygens (including phenoxy) is 1. The fraction of sp³-hybridized carbons (Fsp3) is 0.143. The molecule has 4 heteroatoms. The zero-order valence-electron chi connectivity index (χ0n) is 14.1. The zero-order valence-corrected chi connectivity index (χ0v) is 14.1. The van der Waals surface area contributed by atoms with Crippen molar-refractivity contribution in [2.75, 3.05) is 7.11 Å². The Morgan fingerprint density at radius 2 is 1.72 bits per heavy atom. The lowest BCUT2D eigenvalue weighted by atomic mass is 10.1. The Balaban J connectivity index is 1.91. The Hall–Kier alpha value is -2.98. The molecular formula is C21H20N2O2. The molecule has 1 heterocycles. The highest BCUT2D eigenvalue weighted by Crippen LogP contribution is 2.08. The minimum absolute atomic E-state index is 0.258. The number of hydrogen-bond donors (Lipinski definition) is 0. The molecule has 0 fully saturated rings. The van der Waals surface area contributed by atoms with Gasteiger partial charge in [-0.1, -0.05) is 48.5 Å². The molecule has 3 rings (SSSR count). The molecule has 3 aromatic rings. The van der Waals surface area contributed by atoms with Crippen LogP contribution >= 0.6 is 0 Å². The van der Waals surface area contributed by atoms with Crippen molar-refractivity contribution in [1.82, 2.24) is 4.57 Å². The highest BCUT2D eigenvalue weighted by molar-refractivity contribution is 5.95. The van der Waals surface area contributed by atoms with Gasteiger partial charge in [-0.3, -0.25) is 4.79 Å². The van der Waals surface area contributed by atoms with E-state index in [4.69, 9.17) is 4.74 Å². The van der Waals surface area contributed by atoms with Gasteiger partial charge in [-0.05, 0) is 35.4 Å². The molecule has 126 valence electrons. The average Bonchev–Trinajstić information content (AvgIpc) is 2.65. The first-order chi connectivity index (χ1) is 12.3.